The van der Waals surface area contributed by atoms with Gasteiger partial charge in [-0.05, 0) is 19.8 Å². The number of aryl methyl sites for hydroxylation is 2. The molecule has 0 spiro atoms. The van der Waals surface area contributed by atoms with E-state index in [9.17, 15) is 4.79 Å². The smallest absolute Gasteiger partial charge is 0.242 e. The highest BCUT2D eigenvalue weighted by Gasteiger charge is 2.17. The van der Waals surface area contributed by atoms with E-state index in [4.69, 9.17) is 5.73 Å². The first kappa shape index (κ1) is 14.3. The molecule has 102 valence electrons. The quantitative estimate of drug-likeness (QED) is 0.727. The number of rotatable bonds is 5. The normalized spacial score (nSPS) is 12.6. The first-order valence-corrected chi connectivity index (χ1v) is 6.16. The zero-order valence-corrected chi connectivity index (χ0v) is 11.7. The van der Waals surface area contributed by atoms with Crippen LogP contribution in [-0.4, -0.2) is 28.3 Å². The standard InChI is InChI=1S/C12H23N5O/c1-7(2)6-14-12(18)9(4)15-11-10(13)8(3)16-17(11)5/h7,9,15H,6,13H2,1-5H3,(H,14,18). The molecule has 0 saturated carbocycles. The fourth-order valence-corrected chi connectivity index (χ4v) is 1.57. The predicted octanol–water partition coefficient (Wildman–Crippen LogP) is 0.883. The van der Waals surface area contributed by atoms with Crippen LogP contribution in [0.5, 0.6) is 0 Å². The molecule has 6 heteroatoms. The van der Waals surface area contributed by atoms with Crippen LogP contribution >= 0.6 is 0 Å². The van der Waals surface area contributed by atoms with Gasteiger partial charge in [-0.3, -0.25) is 9.48 Å². The molecule has 0 aromatic carbocycles. The summed E-state index contributed by atoms with van der Waals surface area (Å²) >= 11 is 0. The van der Waals surface area contributed by atoms with E-state index in [-0.39, 0.29) is 11.9 Å². The second-order valence-corrected chi connectivity index (χ2v) is 4.98. The first-order chi connectivity index (χ1) is 8.32. The minimum absolute atomic E-state index is 0.0399. The maximum Gasteiger partial charge on any atom is 0.242 e. The molecule has 0 bridgehead atoms. The van der Waals surface area contributed by atoms with Crippen LogP contribution in [0, 0.1) is 12.8 Å². The van der Waals surface area contributed by atoms with Crippen molar-refractivity contribution in [1.82, 2.24) is 15.1 Å². The Balaban J connectivity index is 2.64. The van der Waals surface area contributed by atoms with E-state index in [0.29, 0.717) is 24.0 Å². The zero-order valence-electron chi connectivity index (χ0n) is 11.7. The van der Waals surface area contributed by atoms with E-state index < -0.39 is 0 Å². The Bertz CT molecular complexity index is 424. The molecule has 0 aliphatic heterocycles. The first-order valence-electron chi connectivity index (χ1n) is 6.16. The number of nitrogen functional groups attached to an aromatic ring is 1. The van der Waals surface area contributed by atoms with Crippen molar-refractivity contribution in [2.24, 2.45) is 13.0 Å². The predicted molar refractivity (Wildman–Crippen MR) is 73.3 cm³/mol. The Hall–Kier alpha value is -1.72. The molecule has 0 aliphatic carbocycles. The summed E-state index contributed by atoms with van der Waals surface area (Å²) in [6.07, 6.45) is 0. The molecule has 1 unspecified atom stereocenters. The number of nitrogens with zero attached hydrogens (tertiary/aromatic N) is 2. The van der Waals surface area contributed by atoms with Gasteiger partial charge in [-0.1, -0.05) is 13.8 Å². The maximum atomic E-state index is 11.8. The van der Waals surface area contributed by atoms with E-state index >= 15 is 0 Å². The third-order valence-electron chi connectivity index (χ3n) is 2.70. The number of nitrogens with two attached hydrogens (primary N) is 1. The Kier molecular flexibility index (Phi) is 4.58. The van der Waals surface area contributed by atoms with Crippen molar-refractivity contribution in [3.63, 3.8) is 0 Å². The maximum absolute atomic E-state index is 11.8. The van der Waals surface area contributed by atoms with Crippen LogP contribution in [0.15, 0.2) is 0 Å². The summed E-state index contributed by atoms with van der Waals surface area (Å²) in [6, 6.07) is -0.346. The van der Waals surface area contributed by atoms with Gasteiger partial charge in [0.2, 0.25) is 5.91 Å². The Morgan fingerprint density at radius 3 is 2.50 bits per heavy atom. The second-order valence-electron chi connectivity index (χ2n) is 4.98. The number of anilines is 2. The summed E-state index contributed by atoms with van der Waals surface area (Å²) in [7, 11) is 1.80. The molecule has 6 nitrogen and oxygen atoms in total. The lowest BCUT2D eigenvalue weighted by molar-refractivity contribution is -0.121. The highest BCUT2D eigenvalue weighted by Crippen LogP contribution is 2.21. The lowest BCUT2D eigenvalue weighted by Gasteiger charge is -2.16. The third kappa shape index (κ3) is 3.38. The second kappa shape index (κ2) is 5.75. The number of carbonyl (C=O) groups excluding carboxylic acids is 1. The van der Waals surface area contributed by atoms with Crippen LogP contribution in [0.4, 0.5) is 11.5 Å². The van der Waals surface area contributed by atoms with Crippen molar-refractivity contribution in [2.75, 3.05) is 17.6 Å². The highest BCUT2D eigenvalue weighted by molar-refractivity contribution is 5.85. The van der Waals surface area contributed by atoms with Gasteiger partial charge >= 0.3 is 0 Å². The summed E-state index contributed by atoms with van der Waals surface area (Å²) in [4.78, 5) is 11.8. The average Bonchev–Trinajstić information content (AvgIpc) is 2.52. The van der Waals surface area contributed by atoms with Gasteiger partial charge in [0.05, 0.1) is 11.4 Å². The molecule has 1 heterocycles. The van der Waals surface area contributed by atoms with Gasteiger partial charge in [-0.25, -0.2) is 0 Å². The van der Waals surface area contributed by atoms with E-state index in [2.05, 4.69) is 29.6 Å². The van der Waals surface area contributed by atoms with Gasteiger partial charge in [-0.15, -0.1) is 0 Å². The molecule has 4 N–H and O–H groups in total. The van der Waals surface area contributed by atoms with Crippen LogP contribution in [0.25, 0.3) is 0 Å². The molecule has 1 aromatic rings. The number of nitrogens with one attached hydrogen (secondary N) is 2. The van der Waals surface area contributed by atoms with Crippen molar-refractivity contribution in [1.29, 1.82) is 0 Å². The molecule has 0 saturated heterocycles. The van der Waals surface area contributed by atoms with Crippen molar-refractivity contribution in [2.45, 2.75) is 33.7 Å². The lowest BCUT2D eigenvalue weighted by Crippen LogP contribution is -2.39. The summed E-state index contributed by atoms with van der Waals surface area (Å²) in [5.74, 6) is 1.08. The number of hydrogen-bond acceptors (Lipinski definition) is 4. The van der Waals surface area contributed by atoms with Gasteiger partial charge in [-0.2, -0.15) is 5.10 Å². The molecular weight excluding hydrogens is 230 g/mol. The fourth-order valence-electron chi connectivity index (χ4n) is 1.57. The minimum Gasteiger partial charge on any atom is -0.394 e. The third-order valence-corrected chi connectivity index (χ3v) is 2.70. The van der Waals surface area contributed by atoms with Crippen LogP contribution in [0.2, 0.25) is 0 Å². The Morgan fingerprint density at radius 1 is 1.44 bits per heavy atom. The van der Waals surface area contributed by atoms with Gasteiger partial charge < -0.3 is 16.4 Å². The van der Waals surface area contributed by atoms with Crippen molar-refractivity contribution < 1.29 is 4.79 Å². The van der Waals surface area contributed by atoms with Crippen molar-refractivity contribution >= 4 is 17.4 Å². The van der Waals surface area contributed by atoms with Crippen molar-refractivity contribution in [3.05, 3.63) is 5.69 Å². The van der Waals surface area contributed by atoms with Gasteiger partial charge in [0.15, 0.2) is 0 Å². The molecule has 1 rings (SSSR count). The van der Waals surface area contributed by atoms with Crippen LogP contribution in [0.1, 0.15) is 26.5 Å². The van der Waals surface area contributed by atoms with Crippen LogP contribution in [-0.2, 0) is 11.8 Å². The summed E-state index contributed by atoms with van der Waals surface area (Å²) in [5.41, 5.74) is 7.24. The molecule has 1 amide bonds. The SMILES string of the molecule is Cc1nn(C)c(NC(C)C(=O)NCC(C)C)c1N. The number of carbonyl (C=O) groups is 1. The van der Waals surface area contributed by atoms with E-state index in [0.717, 1.165) is 5.69 Å². The molecule has 0 radical (unpaired) electrons. The number of amides is 1. The fraction of sp³-hybridized carbons (Fsp3) is 0.667. The summed E-state index contributed by atoms with van der Waals surface area (Å²) < 4.78 is 1.65. The molecule has 18 heavy (non-hydrogen) atoms. The molecular formula is C12H23N5O. The van der Waals surface area contributed by atoms with E-state index in [1.54, 1.807) is 18.7 Å². The lowest BCUT2D eigenvalue weighted by atomic mass is 10.2. The number of hydrogen-bond donors (Lipinski definition) is 3. The molecule has 1 atom stereocenters. The number of aromatic nitrogens is 2. The summed E-state index contributed by atoms with van der Waals surface area (Å²) in [6.45, 7) is 8.42. The Labute approximate surface area is 108 Å². The molecule has 0 fully saturated rings. The average molecular weight is 253 g/mol. The molecule has 0 aliphatic rings. The monoisotopic (exact) mass is 253 g/mol. The largest absolute Gasteiger partial charge is 0.394 e. The minimum atomic E-state index is -0.346. The zero-order chi connectivity index (χ0) is 13.9. The van der Waals surface area contributed by atoms with Gasteiger partial charge in [0.25, 0.3) is 0 Å². The van der Waals surface area contributed by atoms with Gasteiger partial charge in [0, 0.05) is 13.6 Å². The Morgan fingerprint density at radius 2 is 2.06 bits per heavy atom. The van der Waals surface area contributed by atoms with Crippen molar-refractivity contribution in [3.8, 4) is 0 Å². The van der Waals surface area contributed by atoms with Crippen LogP contribution < -0.4 is 16.4 Å². The summed E-state index contributed by atoms with van der Waals surface area (Å²) in [5, 5.41) is 10.2. The van der Waals surface area contributed by atoms with E-state index in [1.165, 1.54) is 0 Å². The topological polar surface area (TPSA) is 85.0 Å². The van der Waals surface area contributed by atoms with E-state index in [1.807, 2.05) is 6.92 Å². The molecule has 1 aromatic heterocycles. The van der Waals surface area contributed by atoms with Gasteiger partial charge in [0.1, 0.15) is 11.9 Å². The highest BCUT2D eigenvalue weighted by atomic mass is 16.2. The van der Waals surface area contributed by atoms with Crippen LogP contribution in [0.3, 0.4) is 0 Å².